The smallest absolute Gasteiger partial charge is 0.328 e. The lowest BCUT2D eigenvalue weighted by Gasteiger charge is -2.30. The van der Waals surface area contributed by atoms with E-state index in [9.17, 15) is 4.79 Å². The van der Waals surface area contributed by atoms with E-state index < -0.39 is 5.97 Å². The fourth-order valence-electron chi connectivity index (χ4n) is 3.02. The Bertz CT molecular complexity index is 493. The molecule has 2 unspecified atom stereocenters. The van der Waals surface area contributed by atoms with Crippen LogP contribution in [-0.2, 0) is 16.1 Å². The van der Waals surface area contributed by atoms with Crippen LogP contribution < -0.4 is 0 Å². The molecule has 2 rings (SSSR count). The van der Waals surface area contributed by atoms with Crippen molar-refractivity contribution in [3.05, 3.63) is 41.5 Å². The van der Waals surface area contributed by atoms with Crippen molar-refractivity contribution in [2.45, 2.75) is 51.7 Å². The van der Waals surface area contributed by atoms with Crippen LogP contribution in [-0.4, -0.2) is 17.2 Å². The highest BCUT2D eigenvalue weighted by atomic mass is 16.5. The molecule has 0 bridgehead atoms. The van der Waals surface area contributed by atoms with Crippen LogP contribution in [0, 0.1) is 5.92 Å². The third-order valence-electron chi connectivity index (χ3n) is 4.20. The summed E-state index contributed by atoms with van der Waals surface area (Å²) in [6.07, 6.45) is 9.37. The molecule has 0 amide bonds. The molecule has 0 aromatic heterocycles. The topological polar surface area (TPSA) is 46.5 Å². The number of carbonyl (C=O) groups is 1. The molecule has 1 aliphatic carbocycles. The molecule has 0 heterocycles. The number of rotatable bonds is 6. The molecule has 1 N–H and O–H groups in total. The van der Waals surface area contributed by atoms with Crippen LogP contribution in [0.2, 0.25) is 0 Å². The van der Waals surface area contributed by atoms with E-state index in [2.05, 4.69) is 6.92 Å². The van der Waals surface area contributed by atoms with Crippen molar-refractivity contribution < 1.29 is 14.6 Å². The Kier molecular flexibility index (Phi) is 6.00. The molecule has 0 radical (unpaired) electrons. The molecule has 1 aromatic carbocycles. The van der Waals surface area contributed by atoms with Gasteiger partial charge in [0.1, 0.15) is 0 Å². The first-order valence-corrected chi connectivity index (χ1v) is 7.80. The molecule has 114 valence electrons. The van der Waals surface area contributed by atoms with Gasteiger partial charge in [-0.2, -0.15) is 0 Å². The summed E-state index contributed by atoms with van der Waals surface area (Å²) in [4.78, 5) is 10.5. The first-order chi connectivity index (χ1) is 10.2. The molecule has 21 heavy (non-hydrogen) atoms. The Labute approximate surface area is 126 Å². The van der Waals surface area contributed by atoms with E-state index in [1.165, 1.54) is 25.7 Å². The van der Waals surface area contributed by atoms with Crippen LogP contribution >= 0.6 is 0 Å². The summed E-state index contributed by atoms with van der Waals surface area (Å²) in [5.74, 6) is -0.238. The molecular weight excluding hydrogens is 264 g/mol. The summed E-state index contributed by atoms with van der Waals surface area (Å²) in [6, 6.07) is 7.86. The van der Waals surface area contributed by atoms with Gasteiger partial charge < -0.3 is 9.84 Å². The van der Waals surface area contributed by atoms with Gasteiger partial charge in [0.2, 0.25) is 0 Å². The van der Waals surface area contributed by atoms with Crippen molar-refractivity contribution in [3.8, 4) is 0 Å². The first-order valence-electron chi connectivity index (χ1n) is 7.80. The van der Waals surface area contributed by atoms with Crippen LogP contribution in [0.3, 0.4) is 0 Å². The average molecular weight is 288 g/mol. The van der Waals surface area contributed by atoms with E-state index in [4.69, 9.17) is 9.84 Å². The third kappa shape index (κ3) is 5.01. The predicted molar refractivity (Wildman–Crippen MR) is 83.9 cm³/mol. The summed E-state index contributed by atoms with van der Waals surface area (Å²) in [5.41, 5.74) is 2.00. The van der Waals surface area contributed by atoms with Crippen LogP contribution in [0.4, 0.5) is 0 Å². The Balaban J connectivity index is 1.93. The van der Waals surface area contributed by atoms with Gasteiger partial charge in [-0.05, 0) is 42.0 Å². The lowest BCUT2D eigenvalue weighted by atomic mass is 9.85. The normalized spacial score (nSPS) is 22.5. The second-order valence-electron chi connectivity index (χ2n) is 5.72. The Hall–Kier alpha value is -1.61. The fourth-order valence-corrected chi connectivity index (χ4v) is 3.02. The maximum Gasteiger partial charge on any atom is 0.328 e. The van der Waals surface area contributed by atoms with Gasteiger partial charge in [-0.25, -0.2) is 4.79 Å². The number of hydrogen-bond acceptors (Lipinski definition) is 2. The van der Waals surface area contributed by atoms with Gasteiger partial charge >= 0.3 is 5.97 Å². The third-order valence-corrected chi connectivity index (χ3v) is 4.20. The highest BCUT2D eigenvalue weighted by Crippen LogP contribution is 2.29. The van der Waals surface area contributed by atoms with Crippen molar-refractivity contribution in [2.75, 3.05) is 0 Å². The minimum atomic E-state index is -0.926. The number of aliphatic carboxylic acids is 1. The Morgan fingerprint density at radius 2 is 2.19 bits per heavy atom. The van der Waals surface area contributed by atoms with Crippen molar-refractivity contribution in [1.82, 2.24) is 0 Å². The zero-order valence-electron chi connectivity index (χ0n) is 12.6. The maximum atomic E-state index is 10.5. The number of hydrogen-bond donors (Lipinski definition) is 1. The van der Waals surface area contributed by atoms with Gasteiger partial charge in [0.05, 0.1) is 12.7 Å². The van der Waals surface area contributed by atoms with Gasteiger partial charge in [-0.3, -0.25) is 0 Å². The number of benzene rings is 1. The van der Waals surface area contributed by atoms with Crippen LogP contribution in [0.15, 0.2) is 30.3 Å². The standard InChI is InChI=1S/C18H24O3/c1-2-16-8-3-4-9-17(16)21-13-15-7-5-6-14(12-15)10-11-18(19)20/h5-7,10-12,16-17H,2-4,8-9,13H2,1H3,(H,19,20). The summed E-state index contributed by atoms with van der Waals surface area (Å²) < 4.78 is 6.11. The van der Waals surface area contributed by atoms with E-state index in [1.807, 2.05) is 24.3 Å². The van der Waals surface area contributed by atoms with Gasteiger partial charge in [-0.1, -0.05) is 44.4 Å². The van der Waals surface area contributed by atoms with E-state index in [1.54, 1.807) is 6.08 Å². The predicted octanol–water partition coefficient (Wildman–Crippen LogP) is 4.27. The highest BCUT2D eigenvalue weighted by molar-refractivity contribution is 5.85. The van der Waals surface area contributed by atoms with Gasteiger partial charge in [0.15, 0.2) is 0 Å². The highest BCUT2D eigenvalue weighted by Gasteiger charge is 2.24. The van der Waals surface area contributed by atoms with E-state index in [0.717, 1.165) is 23.6 Å². The van der Waals surface area contributed by atoms with Crippen molar-refractivity contribution in [1.29, 1.82) is 0 Å². The summed E-state index contributed by atoms with van der Waals surface area (Å²) in [5, 5.41) is 8.66. The molecule has 2 atom stereocenters. The summed E-state index contributed by atoms with van der Waals surface area (Å²) in [6.45, 7) is 2.85. The second-order valence-corrected chi connectivity index (χ2v) is 5.72. The fraction of sp³-hybridized carbons (Fsp3) is 0.500. The van der Waals surface area contributed by atoms with Crippen LogP contribution in [0.25, 0.3) is 6.08 Å². The molecule has 3 heteroatoms. The van der Waals surface area contributed by atoms with E-state index in [0.29, 0.717) is 18.6 Å². The average Bonchev–Trinajstić information content (AvgIpc) is 2.51. The van der Waals surface area contributed by atoms with E-state index >= 15 is 0 Å². The lowest BCUT2D eigenvalue weighted by Crippen LogP contribution is -2.27. The molecular formula is C18H24O3. The molecule has 0 spiro atoms. The minimum absolute atomic E-state index is 0.377. The first kappa shape index (κ1) is 15.8. The lowest BCUT2D eigenvalue weighted by molar-refractivity contribution is -0.131. The molecule has 1 fully saturated rings. The van der Waals surface area contributed by atoms with Gasteiger partial charge in [0, 0.05) is 6.08 Å². The Morgan fingerprint density at radius 1 is 1.38 bits per heavy atom. The zero-order chi connectivity index (χ0) is 15.1. The summed E-state index contributed by atoms with van der Waals surface area (Å²) >= 11 is 0. The van der Waals surface area contributed by atoms with Crippen molar-refractivity contribution in [2.24, 2.45) is 5.92 Å². The number of carboxylic acid groups (broad SMARTS) is 1. The molecule has 0 saturated heterocycles. The Morgan fingerprint density at radius 3 is 2.95 bits per heavy atom. The molecule has 1 aromatic rings. The molecule has 1 saturated carbocycles. The monoisotopic (exact) mass is 288 g/mol. The second kappa shape index (κ2) is 7.99. The molecule has 0 aliphatic heterocycles. The zero-order valence-corrected chi connectivity index (χ0v) is 12.6. The quantitative estimate of drug-likeness (QED) is 0.795. The maximum absolute atomic E-state index is 10.5. The van der Waals surface area contributed by atoms with Crippen molar-refractivity contribution in [3.63, 3.8) is 0 Å². The van der Waals surface area contributed by atoms with Gasteiger partial charge in [0.25, 0.3) is 0 Å². The van der Waals surface area contributed by atoms with Crippen LogP contribution in [0.5, 0.6) is 0 Å². The van der Waals surface area contributed by atoms with Gasteiger partial charge in [-0.15, -0.1) is 0 Å². The van der Waals surface area contributed by atoms with Crippen LogP contribution in [0.1, 0.15) is 50.2 Å². The SMILES string of the molecule is CCC1CCCCC1OCc1cccc(C=CC(=O)O)c1. The number of carboxylic acids is 1. The minimum Gasteiger partial charge on any atom is -0.478 e. The molecule has 3 nitrogen and oxygen atoms in total. The van der Waals surface area contributed by atoms with Crippen molar-refractivity contribution >= 4 is 12.0 Å². The summed E-state index contributed by atoms with van der Waals surface area (Å²) in [7, 11) is 0. The molecule has 1 aliphatic rings. The van der Waals surface area contributed by atoms with E-state index in [-0.39, 0.29) is 0 Å². The number of ether oxygens (including phenoxy) is 1. The largest absolute Gasteiger partial charge is 0.478 e.